The summed E-state index contributed by atoms with van der Waals surface area (Å²) in [5.74, 6) is 0. The minimum absolute atomic E-state index is 0.564. The van der Waals surface area contributed by atoms with Crippen LogP contribution in [0.5, 0.6) is 0 Å². The number of nitrogens with zero attached hydrogens (tertiary/aromatic N) is 2. The van der Waals surface area contributed by atoms with Crippen molar-refractivity contribution in [2.75, 3.05) is 14.1 Å². The SMILES string of the molecule is CNC(=S)N/N=C(\C)CCCCCCCCCCCC/C(C)=N/NC(=S)NC. The van der Waals surface area contributed by atoms with Crippen LogP contribution in [0, 0.1) is 0 Å². The Hall–Kier alpha value is -1.28. The third kappa shape index (κ3) is 18.1. The molecule has 0 aromatic rings. The van der Waals surface area contributed by atoms with E-state index in [9.17, 15) is 0 Å². The number of hydrogen-bond donors (Lipinski definition) is 4. The molecule has 0 saturated carbocycles. The summed E-state index contributed by atoms with van der Waals surface area (Å²) in [6.07, 6.45) is 15.1. The van der Waals surface area contributed by atoms with Gasteiger partial charge in [0.05, 0.1) is 0 Å². The van der Waals surface area contributed by atoms with Gasteiger partial charge in [-0.15, -0.1) is 0 Å². The molecule has 0 aliphatic rings. The van der Waals surface area contributed by atoms with Crippen LogP contribution >= 0.6 is 24.4 Å². The fourth-order valence-corrected chi connectivity index (χ4v) is 2.78. The van der Waals surface area contributed by atoms with E-state index in [1.165, 1.54) is 64.2 Å². The van der Waals surface area contributed by atoms with E-state index in [-0.39, 0.29) is 0 Å². The second kappa shape index (κ2) is 19.1. The van der Waals surface area contributed by atoms with Crippen molar-refractivity contribution in [1.29, 1.82) is 0 Å². The molecular weight excluding hydrogens is 388 g/mol. The molecule has 0 rings (SSSR count). The van der Waals surface area contributed by atoms with Gasteiger partial charge in [-0.1, -0.05) is 51.4 Å². The fourth-order valence-electron chi connectivity index (χ4n) is 2.69. The Kier molecular flexibility index (Phi) is 18.2. The monoisotopic (exact) mass is 428 g/mol. The normalized spacial score (nSPS) is 11.9. The molecule has 0 fully saturated rings. The van der Waals surface area contributed by atoms with E-state index in [0.29, 0.717) is 10.2 Å². The van der Waals surface area contributed by atoms with Crippen LogP contribution in [0.4, 0.5) is 0 Å². The summed E-state index contributed by atoms with van der Waals surface area (Å²) in [5.41, 5.74) is 7.88. The minimum atomic E-state index is 0.564. The summed E-state index contributed by atoms with van der Waals surface area (Å²) in [4.78, 5) is 0. The van der Waals surface area contributed by atoms with Gasteiger partial charge in [-0.3, -0.25) is 10.9 Å². The van der Waals surface area contributed by atoms with Crippen molar-refractivity contribution in [3.63, 3.8) is 0 Å². The van der Waals surface area contributed by atoms with Crippen molar-refractivity contribution in [2.45, 2.75) is 90.9 Å². The van der Waals surface area contributed by atoms with E-state index in [1.807, 2.05) is 13.8 Å². The smallest absolute Gasteiger partial charge is 0.186 e. The molecule has 4 N–H and O–H groups in total. The Morgan fingerprint density at radius 2 is 0.857 bits per heavy atom. The van der Waals surface area contributed by atoms with Gasteiger partial charge < -0.3 is 10.6 Å². The van der Waals surface area contributed by atoms with Gasteiger partial charge >= 0.3 is 0 Å². The first kappa shape index (κ1) is 26.7. The van der Waals surface area contributed by atoms with E-state index in [0.717, 1.165) is 24.3 Å². The maximum atomic E-state index is 4.99. The van der Waals surface area contributed by atoms with Crippen LogP contribution in [0.3, 0.4) is 0 Å². The first-order valence-corrected chi connectivity index (χ1v) is 11.3. The molecule has 0 atom stereocenters. The first-order chi connectivity index (χ1) is 13.5. The van der Waals surface area contributed by atoms with Crippen molar-refractivity contribution < 1.29 is 0 Å². The molecule has 0 bridgehead atoms. The predicted molar refractivity (Wildman–Crippen MR) is 131 cm³/mol. The highest BCUT2D eigenvalue weighted by molar-refractivity contribution is 7.80. The third-order valence-electron chi connectivity index (χ3n) is 4.48. The Balaban J connectivity index is 3.40. The Labute approximate surface area is 182 Å². The topological polar surface area (TPSA) is 72.8 Å². The molecule has 0 amide bonds. The van der Waals surface area contributed by atoms with Gasteiger partial charge in [0, 0.05) is 25.5 Å². The lowest BCUT2D eigenvalue weighted by molar-refractivity contribution is 0.556. The molecule has 28 heavy (non-hydrogen) atoms. The lowest BCUT2D eigenvalue weighted by Gasteiger charge is -2.05. The van der Waals surface area contributed by atoms with Crippen molar-refractivity contribution >= 4 is 46.1 Å². The molecule has 0 unspecified atom stereocenters. The van der Waals surface area contributed by atoms with Crippen LogP contribution < -0.4 is 21.5 Å². The summed E-state index contributed by atoms with van der Waals surface area (Å²) in [7, 11) is 3.58. The number of thiocarbonyl (C=S) groups is 2. The zero-order valence-corrected chi connectivity index (χ0v) is 19.8. The lowest BCUT2D eigenvalue weighted by Crippen LogP contribution is -2.29. The van der Waals surface area contributed by atoms with Gasteiger partial charge in [0.2, 0.25) is 0 Å². The number of rotatable bonds is 15. The molecule has 0 radical (unpaired) electrons. The molecular formula is C20H40N6S2. The molecule has 0 aromatic carbocycles. The molecule has 8 heteroatoms. The van der Waals surface area contributed by atoms with E-state index in [1.54, 1.807) is 14.1 Å². The van der Waals surface area contributed by atoms with Crippen molar-refractivity contribution in [2.24, 2.45) is 10.2 Å². The number of hydrazone groups is 2. The summed E-state index contributed by atoms with van der Waals surface area (Å²) in [6.45, 7) is 4.10. The average Bonchev–Trinajstić information content (AvgIpc) is 2.70. The van der Waals surface area contributed by atoms with Gasteiger partial charge in [-0.2, -0.15) is 10.2 Å². The highest BCUT2D eigenvalue weighted by Gasteiger charge is 1.97. The highest BCUT2D eigenvalue weighted by atomic mass is 32.1. The second-order valence-corrected chi connectivity index (χ2v) is 7.93. The molecule has 0 aromatic heterocycles. The van der Waals surface area contributed by atoms with Crippen LogP contribution in [-0.2, 0) is 0 Å². The summed E-state index contributed by atoms with van der Waals surface area (Å²) in [6, 6.07) is 0. The van der Waals surface area contributed by atoms with E-state index in [4.69, 9.17) is 24.4 Å². The number of hydrogen-bond acceptors (Lipinski definition) is 4. The lowest BCUT2D eigenvalue weighted by atomic mass is 10.0. The van der Waals surface area contributed by atoms with Crippen molar-refractivity contribution in [3.05, 3.63) is 0 Å². The molecule has 6 nitrogen and oxygen atoms in total. The molecule has 0 aliphatic heterocycles. The van der Waals surface area contributed by atoms with Crippen molar-refractivity contribution in [1.82, 2.24) is 21.5 Å². The summed E-state index contributed by atoms with van der Waals surface area (Å²) in [5, 5.41) is 15.3. The Morgan fingerprint density at radius 1 is 0.571 bits per heavy atom. The maximum absolute atomic E-state index is 4.99. The Morgan fingerprint density at radius 3 is 1.14 bits per heavy atom. The molecule has 0 spiro atoms. The van der Waals surface area contributed by atoms with Crippen LogP contribution in [0.1, 0.15) is 90.9 Å². The van der Waals surface area contributed by atoms with E-state index in [2.05, 4.69) is 31.7 Å². The van der Waals surface area contributed by atoms with Crippen LogP contribution in [0.25, 0.3) is 0 Å². The predicted octanol–water partition coefficient (Wildman–Crippen LogP) is 4.61. The minimum Gasteiger partial charge on any atom is -0.364 e. The molecule has 0 heterocycles. The molecule has 0 aliphatic carbocycles. The van der Waals surface area contributed by atoms with Gasteiger partial charge in [0.1, 0.15) is 0 Å². The van der Waals surface area contributed by atoms with E-state index < -0.39 is 0 Å². The standard InChI is InChI=1S/C20H40N6S2/c1-17(23-25-19(27)21-3)15-13-11-9-7-5-6-8-10-12-14-16-18(2)24-26-20(28)22-4/h5-16H2,1-4H3,(H2,21,25,27)(H2,22,26,28)/b23-17+,24-18+. The zero-order valence-electron chi connectivity index (χ0n) is 18.2. The largest absolute Gasteiger partial charge is 0.364 e. The van der Waals surface area contributed by atoms with Crippen LogP contribution in [0.15, 0.2) is 10.2 Å². The maximum Gasteiger partial charge on any atom is 0.186 e. The number of unbranched alkanes of at least 4 members (excludes halogenated alkanes) is 9. The summed E-state index contributed by atoms with van der Waals surface area (Å²) >= 11 is 9.99. The van der Waals surface area contributed by atoms with Gasteiger partial charge in [-0.05, 0) is 64.0 Å². The molecule has 0 saturated heterocycles. The van der Waals surface area contributed by atoms with Gasteiger partial charge in [0.25, 0.3) is 0 Å². The van der Waals surface area contributed by atoms with Crippen LogP contribution in [0.2, 0.25) is 0 Å². The quantitative estimate of drug-likeness (QED) is 0.132. The van der Waals surface area contributed by atoms with Gasteiger partial charge in [-0.25, -0.2) is 0 Å². The first-order valence-electron chi connectivity index (χ1n) is 10.5. The zero-order chi connectivity index (χ0) is 21.0. The Bertz CT molecular complexity index is 447. The molecule has 162 valence electrons. The third-order valence-corrected chi connectivity index (χ3v) is 5.07. The second-order valence-electron chi connectivity index (χ2n) is 7.11. The van der Waals surface area contributed by atoms with Crippen molar-refractivity contribution in [3.8, 4) is 0 Å². The summed E-state index contributed by atoms with van der Waals surface area (Å²) < 4.78 is 0. The highest BCUT2D eigenvalue weighted by Crippen LogP contribution is 2.12. The van der Waals surface area contributed by atoms with E-state index >= 15 is 0 Å². The number of nitrogens with one attached hydrogen (secondary N) is 4. The van der Waals surface area contributed by atoms with Gasteiger partial charge in [0.15, 0.2) is 10.2 Å². The average molecular weight is 429 g/mol. The fraction of sp³-hybridized carbons (Fsp3) is 0.800. The van der Waals surface area contributed by atoms with Crippen LogP contribution in [-0.4, -0.2) is 35.7 Å².